The van der Waals surface area contributed by atoms with Crippen LogP contribution in [0.15, 0.2) is 18.5 Å². The summed E-state index contributed by atoms with van der Waals surface area (Å²) in [7, 11) is 1.96. The summed E-state index contributed by atoms with van der Waals surface area (Å²) in [5.41, 5.74) is 2.21. The molecule has 2 aromatic heterocycles. The maximum atomic E-state index is 4.51. The van der Waals surface area contributed by atoms with Crippen molar-refractivity contribution >= 4 is 5.95 Å². The van der Waals surface area contributed by atoms with Crippen LogP contribution < -0.4 is 5.32 Å². The van der Waals surface area contributed by atoms with Crippen LogP contribution >= 0.6 is 0 Å². The Morgan fingerprint density at radius 2 is 2.22 bits per heavy atom. The third kappa shape index (κ3) is 2.91. The Kier molecular flexibility index (Phi) is 4.02. The first-order chi connectivity index (χ1) is 8.70. The molecule has 0 fully saturated rings. The van der Waals surface area contributed by atoms with Crippen molar-refractivity contribution in [3.8, 4) is 0 Å². The van der Waals surface area contributed by atoms with E-state index in [9.17, 15) is 0 Å². The van der Waals surface area contributed by atoms with Crippen molar-refractivity contribution in [3.05, 3.63) is 29.8 Å². The van der Waals surface area contributed by atoms with Gasteiger partial charge < -0.3 is 9.88 Å². The number of nitrogens with one attached hydrogen (secondary N) is 1. The molecule has 0 aromatic carbocycles. The number of hydrogen-bond acceptors (Lipinski definition) is 3. The summed E-state index contributed by atoms with van der Waals surface area (Å²) in [6.45, 7) is 5.98. The van der Waals surface area contributed by atoms with Gasteiger partial charge in [-0.15, -0.1) is 0 Å². The second kappa shape index (κ2) is 5.71. The summed E-state index contributed by atoms with van der Waals surface area (Å²) in [5, 5.41) is 7.58. The van der Waals surface area contributed by atoms with Gasteiger partial charge in [0.15, 0.2) is 0 Å². The summed E-state index contributed by atoms with van der Waals surface area (Å²) in [6, 6.07) is 2.03. The quantitative estimate of drug-likeness (QED) is 0.796. The molecule has 18 heavy (non-hydrogen) atoms. The van der Waals surface area contributed by atoms with Crippen molar-refractivity contribution < 1.29 is 0 Å². The fraction of sp³-hybridized carbons (Fsp3) is 0.538. The normalized spacial score (nSPS) is 10.8. The highest BCUT2D eigenvalue weighted by atomic mass is 15.3. The number of anilines is 1. The molecule has 2 rings (SSSR count). The molecule has 0 amide bonds. The van der Waals surface area contributed by atoms with E-state index in [2.05, 4.69) is 33.1 Å². The second-order valence-corrected chi connectivity index (χ2v) is 4.56. The monoisotopic (exact) mass is 247 g/mol. The summed E-state index contributed by atoms with van der Waals surface area (Å²) < 4.78 is 4.03. The number of aromatic nitrogens is 4. The molecule has 0 atom stereocenters. The van der Waals surface area contributed by atoms with Gasteiger partial charge in [-0.2, -0.15) is 5.10 Å². The molecule has 5 heteroatoms. The van der Waals surface area contributed by atoms with Crippen LogP contribution in [0.2, 0.25) is 0 Å². The minimum atomic E-state index is 0.797. The van der Waals surface area contributed by atoms with Gasteiger partial charge in [0.05, 0.1) is 17.9 Å². The van der Waals surface area contributed by atoms with Crippen molar-refractivity contribution in [2.45, 2.75) is 33.2 Å². The standard InChI is InChI=1S/C13H21N5/c1-4-5-7-14-13-16-11(2)9-18(13)10-12-6-8-15-17(12)3/h6,8-9H,4-5,7,10H2,1-3H3,(H,14,16). The van der Waals surface area contributed by atoms with Crippen molar-refractivity contribution in [1.82, 2.24) is 19.3 Å². The fourth-order valence-electron chi connectivity index (χ4n) is 1.92. The van der Waals surface area contributed by atoms with Gasteiger partial charge >= 0.3 is 0 Å². The first-order valence-electron chi connectivity index (χ1n) is 6.45. The van der Waals surface area contributed by atoms with E-state index in [4.69, 9.17) is 0 Å². The lowest BCUT2D eigenvalue weighted by Gasteiger charge is -2.09. The minimum absolute atomic E-state index is 0.797. The lowest BCUT2D eigenvalue weighted by Crippen LogP contribution is -2.11. The minimum Gasteiger partial charge on any atom is -0.356 e. The van der Waals surface area contributed by atoms with Crippen molar-refractivity contribution in [3.63, 3.8) is 0 Å². The van der Waals surface area contributed by atoms with E-state index in [0.29, 0.717) is 0 Å². The number of rotatable bonds is 6. The predicted octanol–water partition coefficient (Wildman–Crippen LogP) is 2.19. The maximum Gasteiger partial charge on any atom is 0.203 e. The van der Waals surface area contributed by atoms with Crippen LogP contribution in [0.5, 0.6) is 0 Å². The van der Waals surface area contributed by atoms with Crippen molar-refractivity contribution in [2.75, 3.05) is 11.9 Å². The van der Waals surface area contributed by atoms with E-state index in [0.717, 1.165) is 31.2 Å². The zero-order chi connectivity index (χ0) is 13.0. The molecule has 0 unspecified atom stereocenters. The molecule has 0 spiro atoms. The number of unbranched alkanes of at least 4 members (excludes halogenated alkanes) is 1. The number of imidazole rings is 1. The van der Waals surface area contributed by atoms with E-state index < -0.39 is 0 Å². The van der Waals surface area contributed by atoms with Gasteiger partial charge in [-0.1, -0.05) is 13.3 Å². The van der Waals surface area contributed by atoms with Gasteiger partial charge in [0.2, 0.25) is 5.95 Å². The van der Waals surface area contributed by atoms with Gasteiger partial charge in [-0.25, -0.2) is 4.98 Å². The molecular formula is C13H21N5. The average Bonchev–Trinajstić information content (AvgIpc) is 2.88. The topological polar surface area (TPSA) is 47.7 Å². The first kappa shape index (κ1) is 12.7. The van der Waals surface area contributed by atoms with E-state index in [1.165, 1.54) is 12.1 Å². The second-order valence-electron chi connectivity index (χ2n) is 4.56. The molecule has 0 saturated carbocycles. The van der Waals surface area contributed by atoms with Crippen LogP contribution in [-0.4, -0.2) is 25.9 Å². The third-order valence-corrected chi connectivity index (χ3v) is 2.97. The molecule has 0 aliphatic rings. The summed E-state index contributed by atoms with van der Waals surface area (Å²) >= 11 is 0. The van der Waals surface area contributed by atoms with Gasteiger partial charge in [0.25, 0.3) is 0 Å². The summed E-state index contributed by atoms with van der Waals surface area (Å²) in [6.07, 6.45) is 6.25. The van der Waals surface area contributed by atoms with Crippen LogP contribution in [0.1, 0.15) is 31.2 Å². The van der Waals surface area contributed by atoms with Crippen LogP contribution in [-0.2, 0) is 13.6 Å². The Morgan fingerprint density at radius 1 is 1.39 bits per heavy atom. The predicted molar refractivity (Wildman–Crippen MR) is 72.7 cm³/mol. The van der Waals surface area contributed by atoms with Crippen LogP contribution in [0.4, 0.5) is 5.95 Å². The molecule has 0 saturated heterocycles. The van der Waals surface area contributed by atoms with Crippen LogP contribution in [0.3, 0.4) is 0 Å². The molecule has 1 N–H and O–H groups in total. The zero-order valence-electron chi connectivity index (χ0n) is 11.3. The Hall–Kier alpha value is -1.78. The molecule has 0 bridgehead atoms. The highest BCUT2D eigenvalue weighted by Gasteiger charge is 2.07. The summed E-state index contributed by atoms with van der Waals surface area (Å²) in [5.74, 6) is 0.946. The Balaban J connectivity index is 2.09. The largest absolute Gasteiger partial charge is 0.356 e. The van der Waals surface area contributed by atoms with Gasteiger partial charge in [0, 0.05) is 26.0 Å². The third-order valence-electron chi connectivity index (χ3n) is 2.97. The lowest BCUT2D eigenvalue weighted by molar-refractivity contribution is 0.667. The zero-order valence-corrected chi connectivity index (χ0v) is 11.3. The molecular weight excluding hydrogens is 226 g/mol. The molecule has 0 radical (unpaired) electrons. The molecule has 0 aliphatic heterocycles. The van der Waals surface area contributed by atoms with E-state index >= 15 is 0 Å². The highest BCUT2D eigenvalue weighted by molar-refractivity contribution is 5.29. The van der Waals surface area contributed by atoms with E-state index in [-0.39, 0.29) is 0 Å². The van der Waals surface area contributed by atoms with E-state index in [1.807, 2.05) is 30.9 Å². The Bertz CT molecular complexity index is 497. The number of nitrogens with zero attached hydrogens (tertiary/aromatic N) is 4. The lowest BCUT2D eigenvalue weighted by atomic mass is 10.3. The number of aryl methyl sites for hydroxylation is 2. The first-order valence-corrected chi connectivity index (χ1v) is 6.45. The smallest absolute Gasteiger partial charge is 0.203 e. The molecule has 98 valence electrons. The molecule has 2 aromatic rings. The Labute approximate surface area is 108 Å². The molecule has 0 aliphatic carbocycles. The van der Waals surface area contributed by atoms with Gasteiger partial charge in [-0.05, 0) is 19.4 Å². The molecule has 5 nitrogen and oxygen atoms in total. The SMILES string of the molecule is CCCCNc1nc(C)cn1Cc1ccnn1C. The van der Waals surface area contributed by atoms with Crippen LogP contribution in [0.25, 0.3) is 0 Å². The Morgan fingerprint density at radius 3 is 2.89 bits per heavy atom. The number of hydrogen-bond donors (Lipinski definition) is 1. The van der Waals surface area contributed by atoms with E-state index in [1.54, 1.807) is 0 Å². The van der Waals surface area contributed by atoms with Crippen molar-refractivity contribution in [1.29, 1.82) is 0 Å². The van der Waals surface area contributed by atoms with Crippen molar-refractivity contribution in [2.24, 2.45) is 7.05 Å². The average molecular weight is 247 g/mol. The fourth-order valence-corrected chi connectivity index (χ4v) is 1.92. The van der Waals surface area contributed by atoms with Gasteiger partial charge in [0.1, 0.15) is 0 Å². The molecule has 2 heterocycles. The summed E-state index contributed by atoms with van der Waals surface area (Å²) in [4.78, 5) is 4.51. The van der Waals surface area contributed by atoms with Gasteiger partial charge in [-0.3, -0.25) is 4.68 Å². The highest BCUT2D eigenvalue weighted by Crippen LogP contribution is 2.11. The maximum absolute atomic E-state index is 4.51. The van der Waals surface area contributed by atoms with Crippen LogP contribution in [0, 0.1) is 6.92 Å².